The molecule has 2 aliphatic heterocycles. The minimum atomic E-state index is 0. The van der Waals surface area contributed by atoms with E-state index in [4.69, 9.17) is 4.74 Å². The first-order valence-corrected chi connectivity index (χ1v) is 9.69. The van der Waals surface area contributed by atoms with Gasteiger partial charge in [0.25, 0.3) is 0 Å². The Kier molecular flexibility index (Phi) is 10.2. The van der Waals surface area contributed by atoms with Gasteiger partial charge in [0.1, 0.15) is 0 Å². The van der Waals surface area contributed by atoms with Gasteiger partial charge >= 0.3 is 0 Å². The second kappa shape index (κ2) is 11.0. The molecule has 136 valence electrons. The Morgan fingerprint density at radius 3 is 2.70 bits per heavy atom. The highest BCUT2D eigenvalue weighted by atomic mass is 127. The SMILES string of the molecule is CCCCN(C)C(=NC)NCC1(N2CCOCC2)CCSC1.I. The summed E-state index contributed by atoms with van der Waals surface area (Å²) < 4.78 is 5.53. The number of nitrogens with one attached hydrogen (secondary N) is 1. The molecule has 0 saturated carbocycles. The maximum atomic E-state index is 5.53. The van der Waals surface area contributed by atoms with E-state index in [2.05, 4.69) is 45.8 Å². The van der Waals surface area contributed by atoms with E-state index in [1.165, 1.54) is 30.8 Å². The van der Waals surface area contributed by atoms with Crippen LogP contribution in [0.4, 0.5) is 0 Å². The molecule has 1 N–H and O–H groups in total. The molecule has 5 nitrogen and oxygen atoms in total. The average Bonchev–Trinajstić information content (AvgIpc) is 3.04. The number of morpholine rings is 1. The van der Waals surface area contributed by atoms with Crippen LogP contribution in [0.1, 0.15) is 26.2 Å². The number of halogens is 1. The fraction of sp³-hybridized carbons (Fsp3) is 0.938. The Hall–Kier alpha value is 0.270. The van der Waals surface area contributed by atoms with Crippen molar-refractivity contribution in [2.45, 2.75) is 31.7 Å². The third-order valence-electron chi connectivity index (χ3n) is 4.76. The average molecular weight is 456 g/mol. The highest BCUT2D eigenvalue weighted by Crippen LogP contribution is 2.33. The fourth-order valence-electron chi connectivity index (χ4n) is 3.26. The minimum absolute atomic E-state index is 0. The van der Waals surface area contributed by atoms with E-state index in [-0.39, 0.29) is 29.5 Å². The molecule has 0 radical (unpaired) electrons. The Labute approximate surface area is 163 Å². The number of guanidine groups is 1. The van der Waals surface area contributed by atoms with Crippen molar-refractivity contribution >= 4 is 41.7 Å². The molecule has 2 heterocycles. The molecule has 0 spiro atoms. The quantitative estimate of drug-likeness (QED) is 0.377. The number of rotatable bonds is 6. The maximum Gasteiger partial charge on any atom is 0.193 e. The highest BCUT2D eigenvalue weighted by molar-refractivity contribution is 14.0. The molecule has 7 heteroatoms. The smallest absolute Gasteiger partial charge is 0.193 e. The number of hydrogen-bond acceptors (Lipinski definition) is 4. The molecule has 23 heavy (non-hydrogen) atoms. The third-order valence-corrected chi connectivity index (χ3v) is 5.99. The van der Waals surface area contributed by atoms with Crippen LogP contribution < -0.4 is 5.32 Å². The number of aliphatic imine (C=N–C) groups is 1. The first-order chi connectivity index (χ1) is 10.7. The first-order valence-electron chi connectivity index (χ1n) is 8.54. The second-order valence-electron chi connectivity index (χ2n) is 6.30. The Morgan fingerprint density at radius 1 is 1.39 bits per heavy atom. The van der Waals surface area contributed by atoms with Gasteiger partial charge in [0.15, 0.2) is 5.96 Å². The Balaban J connectivity index is 0.00000264. The minimum Gasteiger partial charge on any atom is -0.379 e. The maximum absolute atomic E-state index is 5.53. The van der Waals surface area contributed by atoms with Crippen molar-refractivity contribution < 1.29 is 4.74 Å². The summed E-state index contributed by atoms with van der Waals surface area (Å²) in [5.74, 6) is 3.51. The predicted molar refractivity (Wildman–Crippen MR) is 111 cm³/mol. The number of thioether (sulfide) groups is 1. The van der Waals surface area contributed by atoms with Gasteiger partial charge in [-0.05, 0) is 18.6 Å². The molecular weight excluding hydrogens is 423 g/mol. The number of hydrogen-bond donors (Lipinski definition) is 1. The van der Waals surface area contributed by atoms with Crippen molar-refractivity contribution in [1.82, 2.24) is 15.1 Å². The largest absolute Gasteiger partial charge is 0.379 e. The molecule has 0 aliphatic carbocycles. The van der Waals surface area contributed by atoms with Crippen LogP contribution in [0.5, 0.6) is 0 Å². The molecular formula is C16H33IN4OS. The monoisotopic (exact) mass is 456 g/mol. The van der Waals surface area contributed by atoms with E-state index >= 15 is 0 Å². The van der Waals surface area contributed by atoms with Gasteiger partial charge in [-0.2, -0.15) is 11.8 Å². The summed E-state index contributed by atoms with van der Waals surface area (Å²) in [6.07, 6.45) is 3.69. The topological polar surface area (TPSA) is 40.1 Å². The van der Waals surface area contributed by atoms with Crippen LogP contribution in [-0.2, 0) is 4.74 Å². The zero-order chi connectivity index (χ0) is 15.8. The molecule has 1 atom stereocenters. The zero-order valence-corrected chi connectivity index (χ0v) is 18.0. The van der Waals surface area contributed by atoms with E-state index in [9.17, 15) is 0 Å². The van der Waals surface area contributed by atoms with Crippen molar-refractivity contribution in [3.8, 4) is 0 Å². The van der Waals surface area contributed by atoms with Gasteiger partial charge in [-0.3, -0.25) is 9.89 Å². The first kappa shape index (κ1) is 21.3. The lowest BCUT2D eigenvalue weighted by Gasteiger charge is -2.43. The molecule has 1 unspecified atom stereocenters. The predicted octanol–water partition coefficient (Wildman–Crippen LogP) is 2.12. The van der Waals surface area contributed by atoms with Crippen molar-refractivity contribution in [2.24, 2.45) is 4.99 Å². The van der Waals surface area contributed by atoms with Gasteiger partial charge in [0.2, 0.25) is 0 Å². The summed E-state index contributed by atoms with van der Waals surface area (Å²) in [5, 5.41) is 3.64. The van der Waals surface area contributed by atoms with Crippen molar-refractivity contribution in [1.29, 1.82) is 0 Å². The van der Waals surface area contributed by atoms with Crippen molar-refractivity contribution in [3.05, 3.63) is 0 Å². The molecule has 0 aromatic rings. The van der Waals surface area contributed by atoms with Crippen LogP contribution in [0.25, 0.3) is 0 Å². The summed E-state index contributed by atoms with van der Waals surface area (Å²) in [6, 6.07) is 0. The van der Waals surface area contributed by atoms with Crippen LogP contribution in [0.3, 0.4) is 0 Å². The highest BCUT2D eigenvalue weighted by Gasteiger charge is 2.40. The van der Waals surface area contributed by atoms with E-state index in [0.29, 0.717) is 0 Å². The number of nitrogens with zero attached hydrogens (tertiary/aromatic N) is 3. The molecule has 2 fully saturated rings. The van der Waals surface area contributed by atoms with Gasteiger partial charge in [0, 0.05) is 51.6 Å². The molecule has 0 amide bonds. The standard InChI is InChI=1S/C16H32N4OS.HI/c1-4-5-7-19(3)15(17-2)18-13-16(6-12-22-14-16)20-8-10-21-11-9-20;/h4-14H2,1-3H3,(H,17,18);1H. The Bertz CT molecular complexity index is 358. The van der Waals surface area contributed by atoms with Crippen LogP contribution in [-0.4, -0.2) is 86.3 Å². The van der Waals surface area contributed by atoms with E-state index in [1.54, 1.807) is 0 Å². The molecule has 2 rings (SSSR count). The van der Waals surface area contributed by atoms with Gasteiger partial charge in [-0.25, -0.2) is 0 Å². The Morgan fingerprint density at radius 2 is 2.13 bits per heavy atom. The van der Waals surface area contributed by atoms with Crippen molar-refractivity contribution in [2.75, 3.05) is 65.0 Å². The fourth-order valence-corrected chi connectivity index (χ4v) is 4.74. The normalized spacial score (nSPS) is 26.0. The summed E-state index contributed by atoms with van der Waals surface area (Å²) >= 11 is 2.08. The van der Waals surface area contributed by atoms with Gasteiger partial charge < -0.3 is 15.0 Å². The number of unbranched alkanes of at least 4 members (excludes halogenated alkanes) is 1. The van der Waals surface area contributed by atoms with Crippen LogP contribution in [0.2, 0.25) is 0 Å². The van der Waals surface area contributed by atoms with Gasteiger partial charge in [0.05, 0.1) is 13.2 Å². The molecule has 0 aromatic heterocycles. The summed E-state index contributed by atoms with van der Waals surface area (Å²) in [4.78, 5) is 9.35. The van der Waals surface area contributed by atoms with E-state index in [1.807, 2.05) is 7.05 Å². The zero-order valence-electron chi connectivity index (χ0n) is 14.8. The van der Waals surface area contributed by atoms with Crippen molar-refractivity contribution in [3.63, 3.8) is 0 Å². The summed E-state index contributed by atoms with van der Waals surface area (Å²) in [6.45, 7) is 8.15. The molecule has 2 saturated heterocycles. The lowest BCUT2D eigenvalue weighted by molar-refractivity contribution is -0.0121. The van der Waals surface area contributed by atoms with Gasteiger partial charge in [-0.1, -0.05) is 13.3 Å². The lowest BCUT2D eigenvalue weighted by Crippen LogP contribution is -2.60. The van der Waals surface area contributed by atoms with Gasteiger partial charge in [-0.15, -0.1) is 24.0 Å². The summed E-state index contributed by atoms with van der Waals surface area (Å²) in [5.41, 5.74) is 0.274. The van der Waals surface area contributed by atoms with E-state index < -0.39 is 0 Å². The molecule has 0 aromatic carbocycles. The van der Waals surface area contributed by atoms with E-state index in [0.717, 1.165) is 45.4 Å². The lowest BCUT2D eigenvalue weighted by atomic mass is 9.95. The third kappa shape index (κ3) is 5.93. The number of ether oxygens (including phenoxy) is 1. The van der Waals surface area contributed by atoms with Crippen LogP contribution in [0.15, 0.2) is 4.99 Å². The van der Waals surface area contributed by atoms with Crippen LogP contribution in [0, 0.1) is 0 Å². The second-order valence-corrected chi connectivity index (χ2v) is 7.41. The van der Waals surface area contributed by atoms with Crippen LogP contribution >= 0.6 is 35.7 Å². The summed E-state index contributed by atoms with van der Waals surface area (Å²) in [7, 11) is 4.02. The molecule has 0 bridgehead atoms. The molecule has 2 aliphatic rings.